The molecule has 2 unspecified atom stereocenters. The second kappa shape index (κ2) is 6.91. The molecule has 0 aromatic heterocycles. The first-order valence-corrected chi connectivity index (χ1v) is 8.09. The van der Waals surface area contributed by atoms with Crippen LogP contribution in [-0.4, -0.2) is 36.2 Å². The first-order valence-electron chi connectivity index (χ1n) is 6.87. The summed E-state index contributed by atoms with van der Waals surface area (Å²) >= 11 is 1.45. The number of piperidine rings is 1. The number of nitrogens with one attached hydrogen (secondary N) is 2. The van der Waals surface area contributed by atoms with Gasteiger partial charge in [0.15, 0.2) is 0 Å². The Kier molecular flexibility index (Phi) is 5.19. The first-order chi connectivity index (χ1) is 10.0. The molecular weight excluding hydrogens is 290 g/mol. The lowest BCUT2D eigenvalue weighted by atomic mass is 9.95. The Balaban J connectivity index is 2.22. The summed E-state index contributed by atoms with van der Waals surface area (Å²) in [4.78, 5) is 23.8. The minimum Gasteiger partial charge on any atom is -0.349 e. The van der Waals surface area contributed by atoms with E-state index in [2.05, 4.69) is 17.6 Å². The lowest BCUT2D eigenvalue weighted by Crippen LogP contribution is -2.48. The third-order valence-corrected chi connectivity index (χ3v) is 4.47. The highest BCUT2D eigenvalue weighted by Crippen LogP contribution is 2.25. The zero-order chi connectivity index (χ0) is 15.4. The van der Waals surface area contributed by atoms with Crippen molar-refractivity contribution in [3.8, 4) is 0 Å². The molecule has 1 aliphatic rings. The smallest absolute Gasteiger partial charge is 0.282 e. The van der Waals surface area contributed by atoms with Crippen LogP contribution in [0.5, 0.6) is 0 Å². The van der Waals surface area contributed by atoms with Crippen LogP contribution in [0, 0.1) is 16.0 Å². The van der Waals surface area contributed by atoms with Crippen molar-refractivity contribution < 1.29 is 9.72 Å². The van der Waals surface area contributed by atoms with Crippen molar-refractivity contribution in [2.24, 2.45) is 5.92 Å². The Bertz CT molecular complexity index is 550. The number of nitro groups is 1. The number of rotatable bonds is 4. The number of thioether (sulfide) groups is 1. The predicted octanol–water partition coefficient (Wildman–Crippen LogP) is 2.04. The Morgan fingerprint density at radius 1 is 1.52 bits per heavy atom. The Hall–Kier alpha value is -1.60. The zero-order valence-corrected chi connectivity index (χ0v) is 12.9. The molecule has 21 heavy (non-hydrogen) atoms. The number of benzene rings is 1. The van der Waals surface area contributed by atoms with E-state index < -0.39 is 4.92 Å². The highest BCUT2D eigenvalue weighted by atomic mass is 32.2. The summed E-state index contributed by atoms with van der Waals surface area (Å²) in [6.45, 7) is 3.75. The van der Waals surface area contributed by atoms with E-state index in [1.54, 1.807) is 12.1 Å². The molecule has 6 nitrogen and oxygen atoms in total. The second-order valence-corrected chi connectivity index (χ2v) is 6.07. The Labute approximate surface area is 127 Å². The molecule has 2 atom stereocenters. The molecule has 114 valence electrons. The van der Waals surface area contributed by atoms with Crippen LogP contribution in [0.2, 0.25) is 0 Å². The van der Waals surface area contributed by atoms with Crippen LogP contribution in [0.15, 0.2) is 23.1 Å². The van der Waals surface area contributed by atoms with Gasteiger partial charge in [-0.3, -0.25) is 14.9 Å². The van der Waals surface area contributed by atoms with Gasteiger partial charge in [-0.1, -0.05) is 6.92 Å². The first kappa shape index (κ1) is 15.8. The van der Waals surface area contributed by atoms with Gasteiger partial charge in [-0.15, -0.1) is 11.8 Å². The average Bonchev–Trinajstić information content (AvgIpc) is 2.48. The maximum Gasteiger partial charge on any atom is 0.282 e. The maximum absolute atomic E-state index is 12.4. The van der Waals surface area contributed by atoms with Crippen molar-refractivity contribution in [3.05, 3.63) is 33.9 Å². The molecule has 0 radical (unpaired) electrons. The lowest BCUT2D eigenvalue weighted by molar-refractivity contribution is -0.385. The normalized spacial score (nSPS) is 21.8. The molecule has 2 rings (SSSR count). The van der Waals surface area contributed by atoms with E-state index in [0.717, 1.165) is 24.4 Å². The van der Waals surface area contributed by atoms with E-state index in [1.807, 2.05) is 6.26 Å². The number of hydrogen-bond donors (Lipinski definition) is 2. The van der Waals surface area contributed by atoms with Gasteiger partial charge in [0.25, 0.3) is 11.6 Å². The van der Waals surface area contributed by atoms with Gasteiger partial charge in [-0.05, 0) is 43.8 Å². The molecular formula is C14H19N3O3S. The van der Waals surface area contributed by atoms with Crippen molar-refractivity contribution >= 4 is 23.4 Å². The molecule has 1 saturated heterocycles. The number of nitro benzene ring substituents is 1. The third-order valence-electron chi connectivity index (χ3n) is 3.75. The summed E-state index contributed by atoms with van der Waals surface area (Å²) in [7, 11) is 0. The molecule has 7 heteroatoms. The Morgan fingerprint density at radius 2 is 2.29 bits per heavy atom. The van der Waals surface area contributed by atoms with E-state index in [4.69, 9.17) is 0 Å². The van der Waals surface area contributed by atoms with Crippen molar-refractivity contribution in [2.45, 2.75) is 24.3 Å². The summed E-state index contributed by atoms with van der Waals surface area (Å²) in [5.41, 5.74) is -0.00975. The molecule has 0 bridgehead atoms. The second-order valence-electron chi connectivity index (χ2n) is 5.19. The van der Waals surface area contributed by atoms with E-state index >= 15 is 0 Å². The maximum atomic E-state index is 12.4. The molecule has 1 aliphatic heterocycles. The monoisotopic (exact) mass is 309 g/mol. The zero-order valence-electron chi connectivity index (χ0n) is 12.1. The quantitative estimate of drug-likeness (QED) is 0.505. The number of carbonyl (C=O) groups excluding carboxylic acids is 1. The molecule has 0 aliphatic carbocycles. The minimum absolute atomic E-state index is 0.0521. The van der Waals surface area contributed by atoms with Crippen molar-refractivity contribution in [2.75, 3.05) is 19.3 Å². The molecule has 0 spiro atoms. The molecule has 2 N–H and O–H groups in total. The highest BCUT2D eigenvalue weighted by molar-refractivity contribution is 7.98. The summed E-state index contributed by atoms with van der Waals surface area (Å²) < 4.78 is 0. The van der Waals surface area contributed by atoms with Crippen molar-refractivity contribution in [1.82, 2.24) is 10.6 Å². The summed E-state index contributed by atoms with van der Waals surface area (Å²) in [5.74, 6) is -0.0539. The summed E-state index contributed by atoms with van der Waals surface area (Å²) in [6.07, 6.45) is 2.71. The van der Waals surface area contributed by atoms with Gasteiger partial charge in [0.1, 0.15) is 5.56 Å². The number of amides is 1. The number of nitrogens with zero attached hydrogens (tertiary/aromatic N) is 1. The fourth-order valence-electron chi connectivity index (χ4n) is 2.46. The van der Waals surface area contributed by atoms with Crippen molar-refractivity contribution in [3.63, 3.8) is 0 Å². The number of hydrogen-bond acceptors (Lipinski definition) is 5. The topological polar surface area (TPSA) is 84.3 Å². The average molecular weight is 309 g/mol. The molecule has 1 aromatic rings. The van der Waals surface area contributed by atoms with Crippen LogP contribution in [0.1, 0.15) is 23.7 Å². The molecule has 0 saturated carbocycles. The van der Waals surface area contributed by atoms with Crippen LogP contribution in [-0.2, 0) is 0 Å². The Morgan fingerprint density at radius 3 is 2.90 bits per heavy atom. The molecule has 1 aromatic carbocycles. The van der Waals surface area contributed by atoms with Crippen LogP contribution in [0.3, 0.4) is 0 Å². The van der Waals surface area contributed by atoms with Gasteiger partial charge in [0, 0.05) is 17.0 Å². The van der Waals surface area contributed by atoms with E-state index in [9.17, 15) is 14.9 Å². The molecule has 1 heterocycles. The van der Waals surface area contributed by atoms with Gasteiger partial charge in [-0.2, -0.15) is 0 Å². The highest BCUT2D eigenvalue weighted by Gasteiger charge is 2.26. The van der Waals surface area contributed by atoms with Crippen molar-refractivity contribution in [1.29, 1.82) is 0 Å². The number of carbonyl (C=O) groups is 1. The van der Waals surface area contributed by atoms with E-state index in [0.29, 0.717) is 5.92 Å². The van der Waals surface area contributed by atoms with Crippen LogP contribution < -0.4 is 10.6 Å². The van der Waals surface area contributed by atoms with Gasteiger partial charge in [0.2, 0.25) is 0 Å². The van der Waals surface area contributed by atoms with Gasteiger partial charge in [0.05, 0.1) is 4.92 Å². The molecule has 1 fully saturated rings. The van der Waals surface area contributed by atoms with Crippen LogP contribution in [0.25, 0.3) is 0 Å². The van der Waals surface area contributed by atoms with Gasteiger partial charge in [-0.25, -0.2) is 0 Å². The third kappa shape index (κ3) is 3.74. The van der Waals surface area contributed by atoms with Gasteiger partial charge >= 0.3 is 0 Å². The standard InChI is InChI=1S/C14H19N3O3S/c1-9-8-15-6-5-12(9)16-14(18)11-7-10(21-2)3-4-13(11)17(19)20/h3-4,7,9,12,15H,5-6,8H2,1-2H3,(H,16,18). The fourth-order valence-corrected chi connectivity index (χ4v) is 2.90. The summed E-state index contributed by atoms with van der Waals surface area (Å²) in [5, 5.41) is 17.3. The minimum atomic E-state index is -0.509. The van der Waals surface area contributed by atoms with E-state index in [-0.39, 0.29) is 23.2 Å². The fraction of sp³-hybridized carbons (Fsp3) is 0.500. The van der Waals surface area contributed by atoms with Crippen LogP contribution >= 0.6 is 11.8 Å². The molecule has 1 amide bonds. The lowest BCUT2D eigenvalue weighted by Gasteiger charge is -2.30. The predicted molar refractivity (Wildman–Crippen MR) is 82.8 cm³/mol. The van der Waals surface area contributed by atoms with Crippen LogP contribution in [0.4, 0.5) is 5.69 Å². The van der Waals surface area contributed by atoms with E-state index in [1.165, 1.54) is 17.8 Å². The largest absolute Gasteiger partial charge is 0.349 e. The summed E-state index contributed by atoms with van der Waals surface area (Å²) in [6, 6.07) is 4.69. The van der Waals surface area contributed by atoms with Gasteiger partial charge < -0.3 is 10.6 Å². The SMILES string of the molecule is CSc1ccc([N+](=O)[O-])c(C(=O)NC2CCNCC2C)c1.